The number of aryl methyl sites for hydroxylation is 2. The van der Waals surface area contributed by atoms with E-state index in [4.69, 9.17) is 10.5 Å². The van der Waals surface area contributed by atoms with Crippen LogP contribution in [0.5, 0.6) is 5.75 Å². The van der Waals surface area contributed by atoms with Gasteiger partial charge in [-0.1, -0.05) is 0 Å². The van der Waals surface area contributed by atoms with Gasteiger partial charge in [0.05, 0.1) is 11.1 Å². The molecule has 1 heterocycles. The van der Waals surface area contributed by atoms with E-state index < -0.39 is 0 Å². The Morgan fingerprint density at radius 1 is 1.29 bits per heavy atom. The van der Waals surface area contributed by atoms with E-state index in [9.17, 15) is 0 Å². The smallest absolute Gasteiger partial charge is 0.193 e. The molecule has 130 valence electrons. The summed E-state index contributed by atoms with van der Waals surface area (Å²) in [5, 5.41) is 6.39. The first kappa shape index (κ1) is 18.3. The molecule has 2 aromatic rings. The highest BCUT2D eigenvalue weighted by Crippen LogP contribution is 2.16. The summed E-state index contributed by atoms with van der Waals surface area (Å²) in [6.07, 6.45) is 3.26. The van der Waals surface area contributed by atoms with E-state index in [1.165, 1.54) is 5.01 Å². The third-order valence-corrected chi connectivity index (χ3v) is 4.27. The van der Waals surface area contributed by atoms with Crippen molar-refractivity contribution in [3.63, 3.8) is 0 Å². The van der Waals surface area contributed by atoms with Crippen LogP contribution in [0, 0.1) is 6.92 Å². The fraction of sp³-hybridized carbons (Fsp3) is 0.444. The second-order valence-corrected chi connectivity index (χ2v) is 6.87. The molecule has 0 saturated heterocycles. The molecule has 6 heteroatoms. The lowest BCUT2D eigenvalue weighted by atomic mass is 10.2. The van der Waals surface area contributed by atoms with Crippen LogP contribution in [0.2, 0.25) is 0 Å². The number of ether oxygens (including phenoxy) is 1. The van der Waals surface area contributed by atoms with Crippen molar-refractivity contribution in [2.75, 3.05) is 11.9 Å². The average Bonchev–Trinajstić information content (AvgIpc) is 2.94. The lowest BCUT2D eigenvalue weighted by molar-refractivity contribution is 0.242. The standard InChI is InChI=1S/C18H26N4OS/c1-13(2)23-16-9-7-15(8-10-16)22-18(19)20-11-5-4-6-17-21-14(3)12-24-17/h7-10,12-13H,4-6,11H2,1-3H3,(H3,19,20,22). The summed E-state index contributed by atoms with van der Waals surface area (Å²) in [6, 6.07) is 7.72. The van der Waals surface area contributed by atoms with Gasteiger partial charge in [-0.05, 0) is 64.3 Å². The maximum Gasteiger partial charge on any atom is 0.193 e. The monoisotopic (exact) mass is 346 g/mol. The zero-order valence-corrected chi connectivity index (χ0v) is 15.4. The molecular formula is C18H26N4OS. The van der Waals surface area contributed by atoms with Gasteiger partial charge >= 0.3 is 0 Å². The Hall–Kier alpha value is -2.08. The number of benzene rings is 1. The molecule has 0 fully saturated rings. The Kier molecular flexibility index (Phi) is 7.06. The maximum absolute atomic E-state index is 5.92. The lowest BCUT2D eigenvalue weighted by Crippen LogP contribution is -2.22. The lowest BCUT2D eigenvalue weighted by Gasteiger charge is -2.10. The molecule has 0 amide bonds. The number of aromatic nitrogens is 1. The molecule has 1 aromatic heterocycles. The first-order valence-electron chi connectivity index (χ1n) is 8.27. The van der Waals surface area contributed by atoms with Crippen molar-refractivity contribution < 1.29 is 4.74 Å². The molecule has 0 spiro atoms. The molecule has 0 atom stereocenters. The molecule has 3 N–H and O–H groups in total. The summed E-state index contributed by atoms with van der Waals surface area (Å²) < 4.78 is 5.61. The topological polar surface area (TPSA) is 72.5 Å². The number of aliphatic imine (C=N–C) groups is 1. The molecule has 2 rings (SSSR count). The van der Waals surface area contributed by atoms with Crippen LogP contribution < -0.4 is 15.8 Å². The molecule has 5 nitrogen and oxygen atoms in total. The van der Waals surface area contributed by atoms with Crippen LogP contribution in [0.4, 0.5) is 5.69 Å². The van der Waals surface area contributed by atoms with Crippen molar-refractivity contribution in [2.45, 2.75) is 46.1 Å². The summed E-state index contributed by atoms with van der Waals surface area (Å²) in [5.74, 6) is 1.29. The fourth-order valence-electron chi connectivity index (χ4n) is 2.18. The predicted molar refractivity (Wildman–Crippen MR) is 102 cm³/mol. The molecule has 0 unspecified atom stereocenters. The minimum absolute atomic E-state index is 0.170. The Balaban J connectivity index is 1.69. The number of hydrogen-bond acceptors (Lipinski definition) is 4. The molecule has 24 heavy (non-hydrogen) atoms. The first-order valence-corrected chi connectivity index (χ1v) is 9.15. The molecular weight excluding hydrogens is 320 g/mol. The van der Waals surface area contributed by atoms with Crippen LogP contribution in [0.3, 0.4) is 0 Å². The van der Waals surface area contributed by atoms with Gasteiger partial charge in [-0.2, -0.15) is 0 Å². The van der Waals surface area contributed by atoms with Gasteiger partial charge in [0.15, 0.2) is 5.96 Å². The Morgan fingerprint density at radius 3 is 2.67 bits per heavy atom. The van der Waals surface area contributed by atoms with E-state index in [1.54, 1.807) is 11.3 Å². The van der Waals surface area contributed by atoms with E-state index >= 15 is 0 Å². The van der Waals surface area contributed by atoms with Crippen LogP contribution in [0.25, 0.3) is 0 Å². The molecule has 0 aliphatic rings. The number of hydrogen-bond donors (Lipinski definition) is 2. The van der Waals surface area contributed by atoms with Gasteiger partial charge < -0.3 is 15.8 Å². The number of nitrogens with zero attached hydrogens (tertiary/aromatic N) is 2. The number of guanidine groups is 1. The summed E-state index contributed by atoms with van der Waals surface area (Å²) in [5.41, 5.74) is 7.93. The second kappa shape index (κ2) is 9.27. The highest BCUT2D eigenvalue weighted by atomic mass is 32.1. The maximum atomic E-state index is 5.92. The number of rotatable bonds is 8. The second-order valence-electron chi connectivity index (χ2n) is 5.92. The van der Waals surface area contributed by atoms with Crippen molar-refractivity contribution in [1.29, 1.82) is 0 Å². The summed E-state index contributed by atoms with van der Waals surface area (Å²) in [6.45, 7) is 6.76. The quantitative estimate of drug-likeness (QED) is 0.431. The normalized spacial score (nSPS) is 11.8. The number of thiazole rings is 1. The van der Waals surface area contributed by atoms with E-state index in [0.717, 1.165) is 42.9 Å². The minimum atomic E-state index is 0.170. The predicted octanol–water partition coefficient (Wildman–Crippen LogP) is 3.99. The molecule has 0 bridgehead atoms. The molecule has 0 aliphatic carbocycles. The highest BCUT2D eigenvalue weighted by Gasteiger charge is 2.00. The zero-order chi connectivity index (χ0) is 17.4. The average molecular weight is 347 g/mol. The minimum Gasteiger partial charge on any atom is -0.491 e. The fourth-order valence-corrected chi connectivity index (χ4v) is 3.00. The van der Waals surface area contributed by atoms with Crippen molar-refractivity contribution in [1.82, 2.24) is 4.98 Å². The van der Waals surface area contributed by atoms with E-state index in [0.29, 0.717) is 5.96 Å². The molecule has 0 saturated carbocycles. The van der Waals surface area contributed by atoms with Crippen LogP contribution in [0.15, 0.2) is 34.6 Å². The number of anilines is 1. The van der Waals surface area contributed by atoms with Crippen LogP contribution in [-0.4, -0.2) is 23.6 Å². The van der Waals surface area contributed by atoms with Gasteiger partial charge in [0.25, 0.3) is 0 Å². The molecule has 1 aromatic carbocycles. The van der Waals surface area contributed by atoms with Crippen LogP contribution in [-0.2, 0) is 6.42 Å². The van der Waals surface area contributed by atoms with Gasteiger partial charge in [-0.15, -0.1) is 11.3 Å². The van der Waals surface area contributed by atoms with E-state index in [-0.39, 0.29) is 6.10 Å². The number of unbranched alkanes of at least 4 members (excludes halogenated alkanes) is 1. The van der Waals surface area contributed by atoms with Gasteiger partial charge in [0.2, 0.25) is 0 Å². The Morgan fingerprint density at radius 2 is 2.04 bits per heavy atom. The van der Waals surface area contributed by atoms with Crippen molar-refractivity contribution >= 4 is 23.0 Å². The van der Waals surface area contributed by atoms with E-state index in [1.807, 2.05) is 45.0 Å². The summed E-state index contributed by atoms with van der Waals surface area (Å²) >= 11 is 1.73. The Labute approximate surface area is 148 Å². The van der Waals surface area contributed by atoms with Crippen molar-refractivity contribution in [3.8, 4) is 5.75 Å². The van der Waals surface area contributed by atoms with Gasteiger partial charge in [0, 0.05) is 23.3 Å². The number of nitrogens with one attached hydrogen (secondary N) is 1. The first-order chi connectivity index (χ1) is 11.5. The molecule has 0 aliphatic heterocycles. The highest BCUT2D eigenvalue weighted by molar-refractivity contribution is 7.09. The summed E-state index contributed by atoms with van der Waals surface area (Å²) in [7, 11) is 0. The van der Waals surface area contributed by atoms with Gasteiger partial charge in [0.1, 0.15) is 5.75 Å². The van der Waals surface area contributed by atoms with Crippen molar-refractivity contribution in [2.24, 2.45) is 10.7 Å². The van der Waals surface area contributed by atoms with Crippen LogP contribution >= 0.6 is 11.3 Å². The third kappa shape index (κ3) is 6.58. The van der Waals surface area contributed by atoms with Crippen molar-refractivity contribution in [3.05, 3.63) is 40.3 Å². The van der Waals surface area contributed by atoms with Gasteiger partial charge in [-0.3, -0.25) is 4.99 Å². The summed E-state index contributed by atoms with van der Waals surface area (Å²) in [4.78, 5) is 8.82. The zero-order valence-electron chi connectivity index (χ0n) is 14.6. The molecule has 0 radical (unpaired) electrons. The Bertz CT molecular complexity index is 649. The number of nitrogens with two attached hydrogens (primary N) is 1. The largest absolute Gasteiger partial charge is 0.491 e. The van der Waals surface area contributed by atoms with Gasteiger partial charge in [-0.25, -0.2) is 4.98 Å². The van der Waals surface area contributed by atoms with Crippen LogP contribution in [0.1, 0.15) is 37.4 Å². The third-order valence-electron chi connectivity index (χ3n) is 3.25. The SMILES string of the molecule is Cc1csc(CCCCN=C(N)Nc2ccc(OC(C)C)cc2)n1. The van der Waals surface area contributed by atoms with E-state index in [2.05, 4.69) is 20.7 Å².